The fraction of sp³-hybridized carbons (Fsp3) is 0.450. The van der Waals surface area contributed by atoms with E-state index in [2.05, 4.69) is 37.7 Å². The van der Waals surface area contributed by atoms with Crippen LogP contribution in [0.2, 0.25) is 0 Å². The number of aryl methyl sites for hydroxylation is 2. The molecule has 0 bridgehead atoms. The lowest BCUT2D eigenvalue weighted by atomic mass is 9.99. The van der Waals surface area contributed by atoms with E-state index in [9.17, 15) is 0 Å². The molecule has 4 heterocycles. The molecule has 6 heteroatoms. The molecule has 3 aromatic heterocycles. The van der Waals surface area contributed by atoms with Crippen molar-refractivity contribution in [1.29, 1.82) is 0 Å². The van der Waals surface area contributed by atoms with Gasteiger partial charge in [-0.3, -0.25) is 9.88 Å². The minimum Gasteiger partial charge on any atom is -0.359 e. The monoisotopic (exact) mass is 351 g/mol. The molecule has 4 rings (SSSR count). The van der Waals surface area contributed by atoms with Gasteiger partial charge in [0.25, 0.3) is 0 Å². The van der Waals surface area contributed by atoms with E-state index in [0.717, 1.165) is 48.9 Å². The summed E-state index contributed by atoms with van der Waals surface area (Å²) in [6.45, 7) is 5.02. The molecule has 0 amide bonds. The number of hydrogen-bond donors (Lipinski definition) is 0. The average Bonchev–Trinajstić information content (AvgIpc) is 3.31. The van der Waals surface area contributed by atoms with Gasteiger partial charge in [0.1, 0.15) is 11.5 Å². The van der Waals surface area contributed by atoms with E-state index >= 15 is 0 Å². The summed E-state index contributed by atoms with van der Waals surface area (Å²) < 4.78 is 7.84. The van der Waals surface area contributed by atoms with Crippen molar-refractivity contribution in [3.05, 3.63) is 54.6 Å². The van der Waals surface area contributed by atoms with Gasteiger partial charge in [0.2, 0.25) is 0 Å². The fourth-order valence-electron chi connectivity index (χ4n) is 3.76. The minimum absolute atomic E-state index is 0.581. The van der Waals surface area contributed by atoms with Crippen molar-refractivity contribution in [3.8, 4) is 11.3 Å². The average molecular weight is 351 g/mol. The predicted molar refractivity (Wildman–Crippen MR) is 99.4 cm³/mol. The molecular weight excluding hydrogens is 326 g/mol. The lowest BCUT2D eigenvalue weighted by Crippen LogP contribution is -2.39. The van der Waals surface area contributed by atoms with E-state index in [1.807, 2.05) is 30.6 Å². The van der Waals surface area contributed by atoms with E-state index < -0.39 is 0 Å². The molecule has 0 aliphatic carbocycles. The second kappa shape index (κ2) is 7.83. The summed E-state index contributed by atoms with van der Waals surface area (Å²) in [6.07, 6.45) is 12.5. The summed E-state index contributed by atoms with van der Waals surface area (Å²) in [6, 6.07) is 6.55. The summed E-state index contributed by atoms with van der Waals surface area (Å²) in [5.74, 6) is 2.01. The second-order valence-corrected chi connectivity index (χ2v) is 7.00. The first kappa shape index (κ1) is 17.0. The number of rotatable bonds is 6. The Bertz CT molecular complexity index is 826. The van der Waals surface area contributed by atoms with Gasteiger partial charge in [-0.2, -0.15) is 0 Å². The number of likely N-dealkylation sites (tertiary alicyclic amines) is 1. The first-order chi connectivity index (χ1) is 12.8. The lowest BCUT2D eigenvalue weighted by Gasteiger charge is -2.35. The zero-order valence-electron chi connectivity index (χ0n) is 15.2. The van der Waals surface area contributed by atoms with Crippen molar-refractivity contribution in [2.24, 2.45) is 0 Å². The molecular formula is C20H25N5O. The quantitative estimate of drug-likeness (QED) is 0.678. The van der Waals surface area contributed by atoms with Gasteiger partial charge in [-0.15, -0.1) is 0 Å². The molecule has 1 saturated heterocycles. The molecule has 26 heavy (non-hydrogen) atoms. The van der Waals surface area contributed by atoms with Crippen LogP contribution in [0.5, 0.6) is 0 Å². The van der Waals surface area contributed by atoms with Gasteiger partial charge in [-0.05, 0) is 44.9 Å². The third-order valence-corrected chi connectivity index (χ3v) is 5.25. The van der Waals surface area contributed by atoms with Crippen molar-refractivity contribution < 1.29 is 4.52 Å². The molecule has 0 unspecified atom stereocenters. The minimum atomic E-state index is 0.581. The second-order valence-electron chi connectivity index (χ2n) is 7.00. The maximum atomic E-state index is 5.60. The molecule has 0 radical (unpaired) electrons. The third-order valence-electron chi connectivity index (χ3n) is 5.25. The summed E-state index contributed by atoms with van der Waals surface area (Å²) >= 11 is 0. The van der Waals surface area contributed by atoms with Crippen molar-refractivity contribution in [2.75, 3.05) is 6.54 Å². The molecule has 0 saturated carbocycles. The Kier molecular flexibility index (Phi) is 5.11. The molecule has 0 aromatic carbocycles. The number of piperidine rings is 1. The number of nitrogens with zero attached hydrogens (tertiary/aromatic N) is 5. The van der Waals surface area contributed by atoms with Crippen LogP contribution in [0.3, 0.4) is 0 Å². The largest absolute Gasteiger partial charge is 0.359 e. The normalized spacial score (nSPS) is 18.3. The summed E-state index contributed by atoms with van der Waals surface area (Å²) in [5.41, 5.74) is 1.85. The van der Waals surface area contributed by atoms with Gasteiger partial charge in [0.05, 0.1) is 6.54 Å². The molecule has 3 aromatic rings. The highest BCUT2D eigenvalue weighted by atomic mass is 16.5. The highest BCUT2D eigenvalue weighted by Crippen LogP contribution is 2.24. The van der Waals surface area contributed by atoms with Crippen LogP contribution in [-0.4, -0.2) is 37.2 Å². The SMILES string of the molecule is Cc1nccn1CC[C@@H]1CCCCN1Cc1cc(-c2cccnc2)no1. The molecule has 0 spiro atoms. The zero-order chi connectivity index (χ0) is 17.8. The van der Waals surface area contributed by atoms with E-state index in [1.165, 1.54) is 19.3 Å². The number of imidazole rings is 1. The van der Waals surface area contributed by atoms with Crippen molar-refractivity contribution in [2.45, 2.75) is 51.7 Å². The van der Waals surface area contributed by atoms with Gasteiger partial charge in [0.15, 0.2) is 5.76 Å². The molecule has 136 valence electrons. The van der Waals surface area contributed by atoms with Gasteiger partial charge in [-0.1, -0.05) is 11.6 Å². The Morgan fingerprint density at radius 1 is 1.27 bits per heavy atom. The first-order valence-electron chi connectivity index (χ1n) is 9.37. The Hall–Kier alpha value is -2.47. The van der Waals surface area contributed by atoms with E-state index in [1.54, 1.807) is 6.20 Å². The molecule has 0 N–H and O–H groups in total. The zero-order valence-corrected chi connectivity index (χ0v) is 15.2. The van der Waals surface area contributed by atoms with Crippen molar-refractivity contribution in [3.63, 3.8) is 0 Å². The molecule has 1 aliphatic heterocycles. The highest BCUT2D eigenvalue weighted by Gasteiger charge is 2.24. The standard InChI is InChI=1S/C20H25N5O/c1-16-22-9-12-24(16)11-7-18-6-2-3-10-25(18)15-19-13-20(23-26-19)17-5-4-8-21-14-17/h4-5,8-9,12-14,18H,2-3,6-7,10-11,15H2,1H3/t18-/m0/s1. The fourth-order valence-corrected chi connectivity index (χ4v) is 3.76. The van der Waals surface area contributed by atoms with Gasteiger partial charge < -0.3 is 9.09 Å². The van der Waals surface area contributed by atoms with E-state index in [4.69, 9.17) is 4.52 Å². The summed E-state index contributed by atoms with van der Waals surface area (Å²) in [7, 11) is 0. The molecule has 1 aliphatic rings. The van der Waals surface area contributed by atoms with Crippen LogP contribution in [0.4, 0.5) is 0 Å². The van der Waals surface area contributed by atoms with Gasteiger partial charge in [-0.25, -0.2) is 4.98 Å². The highest BCUT2D eigenvalue weighted by molar-refractivity contribution is 5.57. The predicted octanol–water partition coefficient (Wildman–Crippen LogP) is 3.69. The van der Waals surface area contributed by atoms with Crippen molar-refractivity contribution >= 4 is 0 Å². The van der Waals surface area contributed by atoms with E-state index in [0.29, 0.717) is 6.04 Å². The van der Waals surface area contributed by atoms with Crippen LogP contribution in [0.15, 0.2) is 47.5 Å². The van der Waals surface area contributed by atoms with Crippen LogP contribution in [0.1, 0.15) is 37.3 Å². The maximum Gasteiger partial charge on any atom is 0.151 e. The number of aromatic nitrogens is 4. The van der Waals surface area contributed by atoms with Crippen LogP contribution >= 0.6 is 0 Å². The maximum absolute atomic E-state index is 5.60. The Labute approximate surface area is 153 Å². The van der Waals surface area contributed by atoms with Gasteiger partial charge in [0, 0.05) is 49.0 Å². The number of pyridine rings is 1. The van der Waals surface area contributed by atoms with E-state index in [-0.39, 0.29) is 0 Å². The van der Waals surface area contributed by atoms with Crippen LogP contribution < -0.4 is 0 Å². The van der Waals surface area contributed by atoms with Crippen LogP contribution in [0, 0.1) is 6.92 Å². The first-order valence-corrected chi connectivity index (χ1v) is 9.37. The Morgan fingerprint density at radius 3 is 3.04 bits per heavy atom. The van der Waals surface area contributed by atoms with Gasteiger partial charge >= 0.3 is 0 Å². The topological polar surface area (TPSA) is 60.0 Å². The number of hydrogen-bond acceptors (Lipinski definition) is 5. The van der Waals surface area contributed by atoms with Crippen LogP contribution in [0.25, 0.3) is 11.3 Å². The smallest absolute Gasteiger partial charge is 0.151 e. The van der Waals surface area contributed by atoms with Crippen molar-refractivity contribution in [1.82, 2.24) is 24.6 Å². The molecule has 1 fully saturated rings. The summed E-state index contributed by atoms with van der Waals surface area (Å²) in [5, 5.41) is 4.22. The summed E-state index contributed by atoms with van der Waals surface area (Å²) in [4.78, 5) is 11.0. The molecule has 1 atom stereocenters. The molecule has 6 nitrogen and oxygen atoms in total. The Balaban J connectivity index is 1.40. The van der Waals surface area contributed by atoms with Crippen LogP contribution in [-0.2, 0) is 13.1 Å². The third kappa shape index (κ3) is 3.85. The Morgan fingerprint density at radius 2 is 2.23 bits per heavy atom. The lowest BCUT2D eigenvalue weighted by molar-refractivity contribution is 0.116.